The van der Waals surface area contributed by atoms with Gasteiger partial charge in [-0.1, -0.05) is 54.2 Å². The van der Waals surface area contributed by atoms with Crippen LogP contribution in [0.15, 0.2) is 84.0 Å². The number of halogens is 1. The molecule has 1 amide bonds. The molecule has 1 aromatic heterocycles. The van der Waals surface area contributed by atoms with E-state index in [-0.39, 0.29) is 17.5 Å². The Kier molecular flexibility index (Phi) is 6.58. The molecular formula is C24H18FN5OS. The van der Waals surface area contributed by atoms with Gasteiger partial charge in [-0.2, -0.15) is 5.26 Å². The average Bonchev–Trinajstić information content (AvgIpc) is 3.24. The Morgan fingerprint density at radius 1 is 1.00 bits per heavy atom. The van der Waals surface area contributed by atoms with Crippen molar-refractivity contribution in [3.8, 4) is 23.1 Å². The smallest absolute Gasteiger partial charge is 0.234 e. The molecule has 0 fully saturated rings. The lowest BCUT2D eigenvalue weighted by atomic mass is 10.1. The van der Waals surface area contributed by atoms with Gasteiger partial charge in [-0.15, -0.1) is 10.2 Å². The predicted octanol–water partition coefficient (Wildman–Crippen LogP) is 4.87. The quantitative estimate of drug-likeness (QED) is 0.412. The van der Waals surface area contributed by atoms with Crippen molar-refractivity contribution in [2.45, 2.75) is 11.6 Å². The Hall–Kier alpha value is -3.96. The predicted molar refractivity (Wildman–Crippen MR) is 122 cm³/mol. The molecule has 0 aliphatic heterocycles. The zero-order valence-electron chi connectivity index (χ0n) is 16.9. The second kappa shape index (κ2) is 9.90. The molecule has 0 radical (unpaired) electrons. The minimum Gasteiger partial charge on any atom is -0.325 e. The van der Waals surface area contributed by atoms with Crippen LogP contribution in [0.5, 0.6) is 0 Å². The van der Waals surface area contributed by atoms with Crippen molar-refractivity contribution in [3.63, 3.8) is 0 Å². The first-order valence-corrected chi connectivity index (χ1v) is 10.8. The number of aromatic nitrogens is 3. The molecule has 32 heavy (non-hydrogen) atoms. The SMILES string of the molecule is N#CCc1ccc(NC(=O)CSc2nnc(-c3ccccc3)n2-c2ccc(F)cc2)cc1. The Bertz CT molecular complexity index is 1250. The number of carbonyl (C=O) groups is 1. The summed E-state index contributed by atoms with van der Waals surface area (Å²) in [5.41, 5.74) is 3.10. The lowest BCUT2D eigenvalue weighted by Crippen LogP contribution is -2.14. The third-order valence-corrected chi connectivity index (χ3v) is 5.53. The minimum atomic E-state index is -0.336. The number of hydrogen-bond acceptors (Lipinski definition) is 5. The number of nitrogens with zero attached hydrogens (tertiary/aromatic N) is 4. The summed E-state index contributed by atoms with van der Waals surface area (Å²) in [6.07, 6.45) is 0.326. The van der Waals surface area contributed by atoms with Gasteiger partial charge in [0.25, 0.3) is 0 Å². The number of thioether (sulfide) groups is 1. The van der Waals surface area contributed by atoms with Gasteiger partial charge in [-0.3, -0.25) is 9.36 Å². The fourth-order valence-corrected chi connectivity index (χ4v) is 3.84. The van der Waals surface area contributed by atoms with Crippen molar-refractivity contribution in [1.82, 2.24) is 14.8 Å². The molecular weight excluding hydrogens is 425 g/mol. The molecule has 4 rings (SSSR count). The van der Waals surface area contributed by atoms with Crippen LogP contribution in [-0.4, -0.2) is 26.4 Å². The topological polar surface area (TPSA) is 83.6 Å². The molecule has 0 saturated heterocycles. The average molecular weight is 444 g/mol. The Morgan fingerprint density at radius 3 is 2.41 bits per heavy atom. The van der Waals surface area contributed by atoms with Gasteiger partial charge in [0.05, 0.1) is 18.2 Å². The van der Waals surface area contributed by atoms with Crippen LogP contribution in [0.4, 0.5) is 10.1 Å². The summed E-state index contributed by atoms with van der Waals surface area (Å²) >= 11 is 1.24. The highest BCUT2D eigenvalue weighted by atomic mass is 32.2. The van der Waals surface area contributed by atoms with Crippen molar-refractivity contribution in [2.75, 3.05) is 11.1 Å². The van der Waals surface area contributed by atoms with Gasteiger partial charge in [-0.25, -0.2) is 4.39 Å². The van der Waals surface area contributed by atoms with Gasteiger partial charge in [-0.05, 0) is 42.0 Å². The molecule has 1 N–H and O–H groups in total. The molecule has 0 saturated carbocycles. The number of rotatable bonds is 7. The van der Waals surface area contributed by atoms with Gasteiger partial charge in [0.1, 0.15) is 5.82 Å². The van der Waals surface area contributed by atoms with E-state index in [1.807, 2.05) is 47.0 Å². The van der Waals surface area contributed by atoms with E-state index in [0.29, 0.717) is 28.8 Å². The van der Waals surface area contributed by atoms with Gasteiger partial charge in [0, 0.05) is 16.9 Å². The third kappa shape index (κ3) is 5.02. The molecule has 1 heterocycles. The van der Waals surface area contributed by atoms with E-state index in [0.717, 1.165) is 11.1 Å². The summed E-state index contributed by atoms with van der Waals surface area (Å²) in [5, 5.41) is 20.7. The van der Waals surface area contributed by atoms with Crippen LogP contribution in [0.2, 0.25) is 0 Å². The molecule has 0 unspecified atom stereocenters. The maximum absolute atomic E-state index is 13.5. The van der Waals surface area contributed by atoms with Crippen LogP contribution in [0.25, 0.3) is 17.1 Å². The monoisotopic (exact) mass is 443 g/mol. The van der Waals surface area contributed by atoms with Crippen molar-refractivity contribution in [1.29, 1.82) is 5.26 Å². The van der Waals surface area contributed by atoms with Crippen LogP contribution < -0.4 is 5.32 Å². The van der Waals surface area contributed by atoms with Crippen molar-refractivity contribution in [3.05, 3.63) is 90.2 Å². The standard InChI is InChI=1S/C24H18FN5OS/c25-19-8-12-21(13-9-19)30-23(18-4-2-1-3-5-18)28-29-24(30)32-16-22(31)27-20-10-6-17(7-11-20)14-15-26/h1-13H,14,16H2,(H,27,31). The first-order chi connectivity index (χ1) is 15.6. The Morgan fingerprint density at radius 2 is 1.72 bits per heavy atom. The molecule has 0 spiro atoms. The molecule has 0 aliphatic rings. The zero-order chi connectivity index (χ0) is 22.3. The summed E-state index contributed by atoms with van der Waals surface area (Å²) in [4.78, 5) is 12.5. The van der Waals surface area contributed by atoms with E-state index < -0.39 is 0 Å². The minimum absolute atomic E-state index is 0.119. The summed E-state index contributed by atoms with van der Waals surface area (Å²) < 4.78 is 15.3. The first kappa shape index (κ1) is 21.3. The van der Waals surface area contributed by atoms with Gasteiger partial charge in [0.2, 0.25) is 5.91 Å². The van der Waals surface area contributed by atoms with E-state index in [1.54, 1.807) is 24.3 Å². The highest BCUT2D eigenvalue weighted by Crippen LogP contribution is 2.28. The fourth-order valence-electron chi connectivity index (χ4n) is 3.08. The molecule has 4 aromatic rings. The molecule has 6 nitrogen and oxygen atoms in total. The van der Waals surface area contributed by atoms with E-state index >= 15 is 0 Å². The first-order valence-electron chi connectivity index (χ1n) is 9.79. The summed E-state index contributed by atoms with van der Waals surface area (Å²) in [6.45, 7) is 0. The summed E-state index contributed by atoms with van der Waals surface area (Å²) in [6, 6.07) is 24.9. The summed E-state index contributed by atoms with van der Waals surface area (Å²) in [7, 11) is 0. The number of nitrogens with one attached hydrogen (secondary N) is 1. The normalized spacial score (nSPS) is 10.5. The van der Waals surface area contributed by atoms with Crippen LogP contribution in [0.3, 0.4) is 0 Å². The van der Waals surface area contributed by atoms with Gasteiger partial charge < -0.3 is 5.32 Å². The van der Waals surface area contributed by atoms with E-state index in [1.165, 1.54) is 23.9 Å². The lowest BCUT2D eigenvalue weighted by molar-refractivity contribution is -0.113. The van der Waals surface area contributed by atoms with E-state index in [2.05, 4.69) is 21.6 Å². The highest BCUT2D eigenvalue weighted by molar-refractivity contribution is 7.99. The van der Waals surface area contributed by atoms with Crippen LogP contribution in [-0.2, 0) is 11.2 Å². The molecule has 0 bridgehead atoms. The fraction of sp³-hybridized carbons (Fsp3) is 0.0833. The second-order valence-electron chi connectivity index (χ2n) is 6.85. The molecule has 8 heteroatoms. The lowest BCUT2D eigenvalue weighted by Gasteiger charge is -2.10. The van der Waals surface area contributed by atoms with Gasteiger partial charge in [0.15, 0.2) is 11.0 Å². The van der Waals surface area contributed by atoms with Crippen LogP contribution in [0, 0.1) is 17.1 Å². The van der Waals surface area contributed by atoms with Crippen molar-refractivity contribution in [2.24, 2.45) is 0 Å². The van der Waals surface area contributed by atoms with E-state index in [9.17, 15) is 9.18 Å². The van der Waals surface area contributed by atoms with Crippen LogP contribution in [0.1, 0.15) is 5.56 Å². The molecule has 0 aliphatic carbocycles. The number of carbonyl (C=O) groups excluding carboxylic acids is 1. The maximum atomic E-state index is 13.5. The Balaban J connectivity index is 1.53. The number of amides is 1. The van der Waals surface area contributed by atoms with Crippen molar-refractivity contribution >= 4 is 23.4 Å². The molecule has 0 atom stereocenters. The maximum Gasteiger partial charge on any atom is 0.234 e. The number of nitriles is 1. The summed E-state index contributed by atoms with van der Waals surface area (Å²) in [5.74, 6) is 0.192. The largest absolute Gasteiger partial charge is 0.325 e. The molecule has 3 aromatic carbocycles. The van der Waals surface area contributed by atoms with Crippen LogP contribution >= 0.6 is 11.8 Å². The second-order valence-corrected chi connectivity index (χ2v) is 7.80. The third-order valence-electron chi connectivity index (χ3n) is 4.60. The highest BCUT2D eigenvalue weighted by Gasteiger charge is 2.17. The molecule has 158 valence electrons. The van der Waals surface area contributed by atoms with E-state index in [4.69, 9.17) is 5.26 Å². The van der Waals surface area contributed by atoms with Crippen molar-refractivity contribution < 1.29 is 9.18 Å². The number of benzene rings is 3. The zero-order valence-corrected chi connectivity index (χ0v) is 17.7. The van der Waals surface area contributed by atoms with Gasteiger partial charge >= 0.3 is 0 Å². The Labute approximate surface area is 188 Å². The number of hydrogen-bond donors (Lipinski definition) is 1. The number of anilines is 1.